The molecule has 4 unspecified atom stereocenters. The van der Waals surface area contributed by atoms with E-state index < -0.39 is 0 Å². The van der Waals surface area contributed by atoms with Crippen LogP contribution in [0.3, 0.4) is 0 Å². The zero-order chi connectivity index (χ0) is 12.3. The molecule has 2 aliphatic rings. The molecule has 3 heteroatoms. The minimum Gasteiger partial charge on any atom is -0.462 e. The van der Waals surface area contributed by atoms with Gasteiger partial charge in [0.1, 0.15) is 6.10 Å². The first-order valence-corrected chi connectivity index (χ1v) is 7.08. The van der Waals surface area contributed by atoms with Crippen LogP contribution in [-0.2, 0) is 9.53 Å². The summed E-state index contributed by atoms with van der Waals surface area (Å²) >= 11 is 0. The molecule has 17 heavy (non-hydrogen) atoms. The lowest BCUT2D eigenvalue weighted by Gasteiger charge is -2.33. The molecule has 0 aromatic rings. The van der Waals surface area contributed by atoms with E-state index in [1.54, 1.807) is 0 Å². The van der Waals surface area contributed by atoms with Crippen molar-refractivity contribution >= 4 is 5.97 Å². The monoisotopic (exact) mass is 239 g/mol. The number of hydrogen-bond donors (Lipinski definition) is 1. The van der Waals surface area contributed by atoms with Gasteiger partial charge in [-0.25, -0.2) is 0 Å². The van der Waals surface area contributed by atoms with Gasteiger partial charge in [0.05, 0.1) is 5.92 Å². The minimum absolute atomic E-state index is 0.0314. The van der Waals surface area contributed by atoms with Crippen molar-refractivity contribution in [2.45, 2.75) is 52.1 Å². The lowest BCUT2D eigenvalue weighted by molar-refractivity contribution is -0.157. The van der Waals surface area contributed by atoms with Crippen LogP contribution in [-0.4, -0.2) is 25.2 Å². The van der Waals surface area contributed by atoms with E-state index in [1.165, 1.54) is 6.42 Å². The Morgan fingerprint density at radius 1 is 1.18 bits per heavy atom. The Morgan fingerprint density at radius 3 is 2.65 bits per heavy atom. The molecule has 1 saturated carbocycles. The fourth-order valence-corrected chi connectivity index (χ4v) is 2.92. The van der Waals surface area contributed by atoms with Crippen LogP contribution in [0.4, 0.5) is 0 Å². The number of rotatable bonds is 2. The number of hydrogen-bond acceptors (Lipinski definition) is 3. The average Bonchev–Trinajstić information content (AvgIpc) is 2.35. The second kappa shape index (κ2) is 5.85. The summed E-state index contributed by atoms with van der Waals surface area (Å²) in [4.78, 5) is 12.0. The van der Waals surface area contributed by atoms with E-state index in [1.807, 2.05) is 0 Å². The molecule has 2 fully saturated rings. The highest BCUT2D eigenvalue weighted by molar-refractivity contribution is 5.73. The number of ether oxygens (including phenoxy) is 1. The first kappa shape index (κ1) is 12.9. The highest BCUT2D eigenvalue weighted by Crippen LogP contribution is 2.31. The molecule has 1 N–H and O–H groups in total. The molecular formula is C14H25NO2. The molecule has 2 rings (SSSR count). The third-order valence-electron chi connectivity index (χ3n) is 4.46. The highest BCUT2D eigenvalue weighted by atomic mass is 16.5. The van der Waals surface area contributed by atoms with Crippen molar-refractivity contribution in [2.75, 3.05) is 13.1 Å². The summed E-state index contributed by atoms with van der Waals surface area (Å²) in [5, 5.41) is 3.27. The van der Waals surface area contributed by atoms with Crippen LogP contribution < -0.4 is 5.32 Å². The van der Waals surface area contributed by atoms with Crippen molar-refractivity contribution in [1.29, 1.82) is 0 Å². The van der Waals surface area contributed by atoms with Gasteiger partial charge in [-0.2, -0.15) is 0 Å². The number of piperidine rings is 1. The van der Waals surface area contributed by atoms with E-state index in [4.69, 9.17) is 4.74 Å². The molecule has 1 aliphatic heterocycles. The second-order valence-electron chi connectivity index (χ2n) is 5.87. The topological polar surface area (TPSA) is 38.3 Å². The highest BCUT2D eigenvalue weighted by Gasteiger charge is 2.30. The van der Waals surface area contributed by atoms with Crippen molar-refractivity contribution in [3.8, 4) is 0 Å². The summed E-state index contributed by atoms with van der Waals surface area (Å²) in [6.07, 6.45) is 5.56. The first-order chi connectivity index (χ1) is 8.16. The Balaban J connectivity index is 1.78. The van der Waals surface area contributed by atoms with E-state index in [2.05, 4.69) is 19.2 Å². The van der Waals surface area contributed by atoms with Crippen LogP contribution in [0.15, 0.2) is 0 Å². The van der Waals surface area contributed by atoms with E-state index in [0.717, 1.165) is 44.7 Å². The maximum atomic E-state index is 12.0. The van der Waals surface area contributed by atoms with Gasteiger partial charge in [0.25, 0.3) is 0 Å². The summed E-state index contributed by atoms with van der Waals surface area (Å²) < 4.78 is 5.67. The SMILES string of the molecule is CC1CCC(OC(=O)C2CCCNC2)CC1C. The van der Waals surface area contributed by atoms with Gasteiger partial charge in [0.15, 0.2) is 0 Å². The fourth-order valence-electron chi connectivity index (χ4n) is 2.92. The summed E-state index contributed by atoms with van der Waals surface area (Å²) in [6, 6.07) is 0. The van der Waals surface area contributed by atoms with Crippen molar-refractivity contribution < 1.29 is 9.53 Å². The third-order valence-corrected chi connectivity index (χ3v) is 4.46. The standard InChI is InChI=1S/C14H25NO2/c1-10-5-6-13(8-11(10)2)17-14(16)12-4-3-7-15-9-12/h10-13,15H,3-9H2,1-2H3. The summed E-state index contributed by atoms with van der Waals surface area (Å²) in [7, 11) is 0. The number of carbonyl (C=O) groups excluding carboxylic acids is 1. The Kier molecular flexibility index (Phi) is 4.43. The molecule has 0 aromatic carbocycles. The molecule has 0 radical (unpaired) electrons. The number of carbonyl (C=O) groups is 1. The lowest BCUT2D eigenvalue weighted by atomic mass is 9.80. The van der Waals surface area contributed by atoms with Gasteiger partial charge in [-0.05, 0) is 50.5 Å². The Labute approximate surface area is 104 Å². The van der Waals surface area contributed by atoms with Gasteiger partial charge in [0, 0.05) is 6.54 Å². The predicted molar refractivity (Wildman–Crippen MR) is 67.7 cm³/mol. The largest absolute Gasteiger partial charge is 0.462 e. The van der Waals surface area contributed by atoms with Gasteiger partial charge in [0.2, 0.25) is 0 Å². The maximum absolute atomic E-state index is 12.0. The van der Waals surface area contributed by atoms with Crippen LogP contribution in [0, 0.1) is 17.8 Å². The van der Waals surface area contributed by atoms with Crippen molar-refractivity contribution in [2.24, 2.45) is 17.8 Å². The first-order valence-electron chi connectivity index (χ1n) is 7.08. The molecule has 0 aromatic heterocycles. The number of nitrogens with one attached hydrogen (secondary N) is 1. The van der Waals surface area contributed by atoms with E-state index in [9.17, 15) is 4.79 Å². The predicted octanol–water partition coefficient (Wildman–Crippen LogP) is 2.35. The Bertz CT molecular complexity index is 261. The molecule has 3 nitrogen and oxygen atoms in total. The Morgan fingerprint density at radius 2 is 2.00 bits per heavy atom. The van der Waals surface area contributed by atoms with Crippen LogP contribution >= 0.6 is 0 Å². The lowest BCUT2D eigenvalue weighted by Crippen LogP contribution is -2.38. The van der Waals surface area contributed by atoms with E-state index in [0.29, 0.717) is 5.92 Å². The molecule has 0 amide bonds. The average molecular weight is 239 g/mol. The van der Waals surface area contributed by atoms with Gasteiger partial charge < -0.3 is 10.1 Å². The van der Waals surface area contributed by atoms with Gasteiger partial charge in [-0.15, -0.1) is 0 Å². The van der Waals surface area contributed by atoms with Crippen LogP contribution in [0.5, 0.6) is 0 Å². The van der Waals surface area contributed by atoms with E-state index >= 15 is 0 Å². The quantitative estimate of drug-likeness (QED) is 0.752. The smallest absolute Gasteiger partial charge is 0.310 e. The van der Waals surface area contributed by atoms with Gasteiger partial charge >= 0.3 is 5.97 Å². The second-order valence-corrected chi connectivity index (χ2v) is 5.87. The van der Waals surface area contributed by atoms with Gasteiger partial charge in [-0.1, -0.05) is 13.8 Å². The van der Waals surface area contributed by atoms with Crippen LogP contribution in [0.1, 0.15) is 46.0 Å². The summed E-state index contributed by atoms with van der Waals surface area (Å²) in [5.74, 6) is 1.59. The Hall–Kier alpha value is -0.570. The fraction of sp³-hybridized carbons (Fsp3) is 0.929. The molecule has 1 heterocycles. The van der Waals surface area contributed by atoms with Crippen molar-refractivity contribution in [3.05, 3.63) is 0 Å². The zero-order valence-electron chi connectivity index (χ0n) is 11.1. The van der Waals surface area contributed by atoms with E-state index in [-0.39, 0.29) is 18.0 Å². The third kappa shape index (κ3) is 3.44. The normalized spacial score (nSPS) is 38.7. The molecule has 0 bridgehead atoms. The molecule has 98 valence electrons. The molecule has 0 spiro atoms. The molecule has 1 saturated heterocycles. The number of esters is 1. The van der Waals surface area contributed by atoms with Crippen LogP contribution in [0.2, 0.25) is 0 Å². The zero-order valence-corrected chi connectivity index (χ0v) is 11.1. The molecular weight excluding hydrogens is 214 g/mol. The van der Waals surface area contributed by atoms with Crippen molar-refractivity contribution in [1.82, 2.24) is 5.32 Å². The summed E-state index contributed by atoms with van der Waals surface area (Å²) in [6.45, 7) is 6.42. The molecule has 4 atom stereocenters. The van der Waals surface area contributed by atoms with Crippen LogP contribution in [0.25, 0.3) is 0 Å². The van der Waals surface area contributed by atoms with Crippen molar-refractivity contribution in [3.63, 3.8) is 0 Å². The summed E-state index contributed by atoms with van der Waals surface area (Å²) in [5.41, 5.74) is 0. The van der Waals surface area contributed by atoms with Gasteiger partial charge in [-0.3, -0.25) is 4.79 Å². The minimum atomic E-state index is 0.0314. The maximum Gasteiger partial charge on any atom is 0.310 e. The molecule has 1 aliphatic carbocycles.